The van der Waals surface area contributed by atoms with Crippen molar-refractivity contribution >= 4 is 23.5 Å². The van der Waals surface area contributed by atoms with Crippen LogP contribution in [0.3, 0.4) is 0 Å². The van der Waals surface area contributed by atoms with Gasteiger partial charge in [0.25, 0.3) is 0 Å². The fraction of sp³-hybridized carbons (Fsp3) is 0.571. The molecule has 0 fully saturated rings. The van der Waals surface area contributed by atoms with Crippen molar-refractivity contribution in [2.45, 2.75) is 0 Å². The Labute approximate surface area is 87.0 Å². The van der Waals surface area contributed by atoms with E-state index in [0.717, 1.165) is 0 Å². The van der Waals surface area contributed by atoms with Gasteiger partial charge in [0, 0.05) is 20.6 Å². The molecular formula is C7H12ClN5O. The summed E-state index contributed by atoms with van der Waals surface area (Å²) >= 11 is 5.68. The molecule has 78 valence electrons. The van der Waals surface area contributed by atoms with E-state index < -0.39 is 0 Å². The minimum Gasteiger partial charge on any atom is -0.395 e. The maximum absolute atomic E-state index is 8.60. The number of hydrogen-bond acceptors (Lipinski definition) is 6. The second-order valence-corrected chi connectivity index (χ2v) is 3.11. The highest BCUT2D eigenvalue weighted by Crippen LogP contribution is 2.10. The Balaban J connectivity index is 2.84. The third-order valence-corrected chi connectivity index (χ3v) is 1.56. The van der Waals surface area contributed by atoms with Gasteiger partial charge in [-0.05, 0) is 11.6 Å². The van der Waals surface area contributed by atoms with Crippen molar-refractivity contribution in [3.8, 4) is 0 Å². The van der Waals surface area contributed by atoms with Gasteiger partial charge >= 0.3 is 0 Å². The van der Waals surface area contributed by atoms with Gasteiger partial charge < -0.3 is 15.3 Å². The molecule has 7 heteroatoms. The Morgan fingerprint density at radius 1 is 1.36 bits per heavy atom. The summed E-state index contributed by atoms with van der Waals surface area (Å²) in [5.41, 5.74) is 0. The van der Waals surface area contributed by atoms with E-state index in [2.05, 4.69) is 20.3 Å². The summed E-state index contributed by atoms with van der Waals surface area (Å²) in [5.74, 6) is 0.841. The maximum Gasteiger partial charge on any atom is 0.230 e. The molecule has 2 N–H and O–H groups in total. The minimum atomic E-state index is 0.0145. The normalized spacial score (nSPS) is 10.0. The third-order valence-electron chi connectivity index (χ3n) is 1.39. The molecule has 0 aliphatic carbocycles. The molecule has 0 atom stereocenters. The van der Waals surface area contributed by atoms with Crippen LogP contribution in [-0.2, 0) is 0 Å². The number of rotatable bonds is 4. The largest absolute Gasteiger partial charge is 0.395 e. The van der Waals surface area contributed by atoms with Crippen molar-refractivity contribution in [2.24, 2.45) is 0 Å². The topological polar surface area (TPSA) is 74.2 Å². The highest BCUT2D eigenvalue weighted by atomic mass is 35.5. The van der Waals surface area contributed by atoms with Gasteiger partial charge in [0.05, 0.1) is 6.61 Å². The maximum atomic E-state index is 8.60. The lowest BCUT2D eigenvalue weighted by Crippen LogP contribution is -2.16. The lowest BCUT2D eigenvalue weighted by molar-refractivity contribution is 0.311. The first-order chi connectivity index (χ1) is 6.63. The molecule has 0 saturated carbocycles. The van der Waals surface area contributed by atoms with Crippen LogP contribution < -0.4 is 10.2 Å². The highest BCUT2D eigenvalue weighted by molar-refractivity contribution is 6.28. The Hall–Kier alpha value is -1.14. The lowest BCUT2D eigenvalue weighted by atomic mass is 10.7. The van der Waals surface area contributed by atoms with E-state index in [9.17, 15) is 0 Å². The van der Waals surface area contributed by atoms with Gasteiger partial charge in [0.15, 0.2) is 0 Å². The van der Waals surface area contributed by atoms with Crippen LogP contribution in [0.4, 0.5) is 11.9 Å². The van der Waals surface area contributed by atoms with Crippen LogP contribution in [0.15, 0.2) is 0 Å². The van der Waals surface area contributed by atoms with Crippen LogP contribution in [0, 0.1) is 0 Å². The zero-order chi connectivity index (χ0) is 10.6. The van der Waals surface area contributed by atoms with E-state index in [1.807, 2.05) is 14.1 Å². The van der Waals surface area contributed by atoms with Crippen LogP contribution in [0.2, 0.25) is 5.28 Å². The molecule has 0 radical (unpaired) electrons. The molecule has 1 rings (SSSR count). The Morgan fingerprint density at radius 3 is 2.64 bits per heavy atom. The van der Waals surface area contributed by atoms with E-state index in [1.54, 1.807) is 4.90 Å². The average molecular weight is 218 g/mol. The average Bonchev–Trinajstić information content (AvgIpc) is 2.14. The Kier molecular flexibility index (Phi) is 3.84. The summed E-state index contributed by atoms with van der Waals surface area (Å²) in [4.78, 5) is 13.5. The SMILES string of the molecule is CN(C)c1nc(Cl)nc(NCCO)n1. The van der Waals surface area contributed by atoms with Crippen LogP contribution in [-0.4, -0.2) is 47.3 Å². The minimum absolute atomic E-state index is 0.0145. The monoisotopic (exact) mass is 217 g/mol. The molecule has 0 aliphatic rings. The molecule has 0 unspecified atom stereocenters. The number of nitrogens with one attached hydrogen (secondary N) is 1. The first-order valence-electron chi connectivity index (χ1n) is 4.07. The summed E-state index contributed by atoms with van der Waals surface area (Å²) in [6.07, 6.45) is 0. The zero-order valence-electron chi connectivity index (χ0n) is 8.03. The number of aliphatic hydroxyl groups excluding tert-OH is 1. The standard InChI is InChI=1S/C7H12ClN5O/c1-13(2)7-11-5(8)10-6(12-7)9-3-4-14/h14H,3-4H2,1-2H3,(H,9,10,11,12). The number of hydrogen-bond donors (Lipinski definition) is 2. The Bertz CT molecular complexity index is 306. The van der Waals surface area contributed by atoms with Gasteiger partial charge in [-0.2, -0.15) is 15.0 Å². The molecule has 0 bridgehead atoms. The van der Waals surface area contributed by atoms with Crippen molar-refractivity contribution in [1.82, 2.24) is 15.0 Å². The van der Waals surface area contributed by atoms with Gasteiger partial charge in [0.2, 0.25) is 17.2 Å². The molecule has 1 aromatic heterocycles. The first-order valence-corrected chi connectivity index (χ1v) is 4.45. The van der Waals surface area contributed by atoms with Crippen molar-refractivity contribution in [1.29, 1.82) is 0 Å². The molecule has 14 heavy (non-hydrogen) atoms. The summed E-state index contributed by atoms with van der Waals surface area (Å²) in [6, 6.07) is 0. The smallest absolute Gasteiger partial charge is 0.230 e. The first kappa shape index (κ1) is 10.9. The van der Waals surface area contributed by atoms with Crippen molar-refractivity contribution < 1.29 is 5.11 Å². The van der Waals surface area contributed by atoms with E-state index in [-0.39, 0.29) is 11.9 Å². The predicted octanol–water partition coefficient (Wildman–Crippen LogP) is -0.00480. The summed E-state index contributed by atoms with van der Waals surface area (Å²) in [6.45, 7) is 0.397. The number of halogens is 1. The van der Waals surface area contributed by atoms with Crippen molar-refractivity contribution in [3.05, 3.63) is 5.28 Å². The van der Waals surface area contributed by atoms with Gasteiger partial charge in [-0.15, -0.1) is 0 Å². The summed E-state index contributed by atoms with van der Waals surface area (Å²) in [7, 11) is 3.61. The van der Waals surface area contributed by atoms with E-state index >= 15 is 0 Å². The van der Waals surface area contributed by atoms with Gasteiger partial charge in [-0.1, -0.05) is 0 Å². The highest BCUT2D eigenvalue weighted by Gasteiger charge is 2.05. The second-order valence-electron chi connectivity index (χ2n) is 2.77. The second kappa shape index (κ2) is 4.92. The molecule has 0 spiro atoms. The lowest BCUT2D eigenvalue weighted by Gasteiger charge is -2.11. The van der Waals surface area contributed by atoms with Crippen LogP contribution in [0.25, 0.3) is 0 Å². The molecule has 1 aromatic rings. The summed E-state index contributed by atoms with van der Waals surface area (Å²) in [5, 5.41) is 11.5. The predicted molar refractivity (Wildman–Crippen MR) is 54.7 cm³/mol. The molecule has 0 aliphatic heterocycles. The van der Waals surface area contributed by atoms with Crippen LogP contribution in [0.5, 0.6) is 0 Å². The van der Waals surface area contributed by atoms with Gasteiger partial charge in [0.1, 0.15) is 0 Å². The summed E-state index contributed by atoms with van der Waals surface area (Å²) < 4.78 is 0. The quantitative estimate of drug-likeness (QED) is 0.740. The molecule has 0 aromatic carbocycles. The fourth-order valence-electron chi connectivity index (χ4n) is 0.786. The van der Waals surface area contributed by atoms with Crippen LogP contribution >= 0.6 is 11.6 Å². The number of anilines is 2. The Morgan fingerprint density at radius 2 is 2.07 bits per heavy atom. The van der Waals surface area contributed by atoms with Gasteiger partial charge in [-0.3, -0.25) is 0 Å². The third kappa shape index (κ3) is 2.97. The van der Waals surface area contributed by atoms with Crippen molar-refractivity contribution in [3.63, 3.8) is 0 Å². The zero-order valence-corrected chi connectivity index (χ0v) is 8.78. The molecular weight excluding hydrogens is 206 g/mol. The van der Waals surface area contributed by atoms with Gasteiger partial charge in [-0.25, -0.2) is 0 Å². The van der Waals surface area contributed by atoms with E-state index in [1.165, 1.54) is 0 Å². The van der Waals surface area contributed by atoms with E-state index in [0.29, 0.717) is 18.4 Å². The van der Waals surface area contributed by atoms with Crippen LogP contribution in [0.1, 0.15) is 0 Å². The number of aromatic nitrogens is 3. The number of aliphatic hydroxyl groups is 1. The molecule has 1 heterocycles. The fourth-order valence-corrected chi connectivity index (χ4v) is 0.942. The molecule has 0 saturated heterocycles. The van der Waals surface area contributed by atoms with E-state index in [4.69, 9.17) is 16.7 Å². The van der Waals surface area contributed by atoms with Crippen molar-refractivity contribution in [2.75, 3.05) is 37.5 Å². The molecule has 6 nitrogen and oxygen atoms in total. The molecule has 0 amide bonds. The number of nitrogens with zero attached hydrogens (tertiary/aromatic N) is 4.